The number of aliphatic hydroxyl groups is 4. The van der Waals surface area contributed by atoms with Crippen LogP contribution in [-0.2, 0) is 52.4 Å². The van der Waals surface area contributed by atoms with E-state index in [0.29, 0.717) is 123 Å². The molecular formula is C40H65F3O15S2. The van der Waals surface area contributed by atoms with Crippen molar-refractivity contribution < 1.29 is 82.6 Å². The molecule has 15 nitrogen and oxygen atoms in total. The van der Waals surface area contributed by atoms with Crippen LogP contribution < -0.4 is 0 Å². The van der Waals surface area contributed by atoms with Crippen LogP contribution in [0, 0.1) is 47.9 Å². The fourth-order valence-electron chi connectivity index (χ4n) is 4.04. The largest absolute Gasteiger partial charge is 0.446 e. The average Bonchev–Trinajstić information content (AvgIpc) is 3.16. The highest BCUT2D eigenvalue weighted by Crippen LogP contribution is 2.20. The molecule has 20 heteroatoms. The minimum absolute atomic E-state index is 0. The predicted molar refractivity (Wildman–Crippen MR) is 220 cm³/mol. The molecule has 4 rings (SSSR count). The molecule has 0 aliphatic carbocycles. The lowest BCUT2D eigenvalue weighted by Gasteiger charge is -2.26. The quantitative estimate of drug-likeness (QED) is 0.231. The predicted octanol–water partition coefficient (Wildman–Crippen LogP) is 3.11. The first-order valence-corrected chi connectivity index (χ1v) is 22.2. The first-order chi connectivity index (χ1) is 27.4. The fourth-order valence-corrected chi connectivity index (χ4v) is 5.83. The SMILES string of the molecule is C.C#CCC.CCC#CC1(O)CCOCC1.CCC#CC1(O)CCOCC1.CS(=O)(=O)OS(C)(=O)=O.O=C1CCOCC1.O=CC(F)(F)F.OCC#CC1(O)CCOCC1. The van der Waals surface area contributed by atoms with E-state index >= 15 is 0 Å². The molecule has 0 amide bonds. The van der Waals surface area contributed by atoms with Crippen molar-refractivity contribution in [2.24, 2.45) is 0 Å². The van der Waals surface area contributed by atoms with Crippen LogP contribution in [0.2, 0.25) is 0 Å². The van der Waals surface area contributed by atoms with E-state index in [1.165, 1.54) is 0 Å². The molecule has 4 aliphatic rings. The van der Waals surface area contributed by atoms with E-state index in [1.54, 1.807) is 0 Å². The zero-order valence-electron chi connectivity index (χ0n) is 34.5. The minimum atomic E-state index is -4.64. The molecule has 4 N–H and O–H groups in total. The van der Waals surface area contributed by atoms with E-state index < -0.39 is 49.5 Å². The van der Waals surface area contributed by atoms with Crippen LogP contribution in [0.3, 0.4) is 0 Å². The number of aldehydes is 1. The van der Waals surface area contributed by atoms with Crippen molar-refractivity contribution in [3.8, 4) is 47.9 Å². The second kappa shape index (κ2) is 35.5. The molecule has 0 radical (unpaired) electrons. The summed E-state index contributed by atoms with van der Waals surface area (Å²) in [6.45, 7) is 10.6. The van der Waals surface area contributed by atoms with Crippen molar-refractivity contribution in [2.45, 2.75) is 122 Å². The van der Waals surface area contributed by atoms with Crippen LogP contribution in [0.4, 0.5) is 13.2 Å². The molecule has 0 aromatic heterocycles. The van der Waals surface area contributed by atoms with E-state index in [0.717, 1.165) is 19.3 Å². The number of Topliss-reactive ketones (excluding diaryl/α,β-unsaturated/α-hetero) is 1. The molecule has 0 bridgehead atoms. The van der Waals surface area contributed by atoms with Crippen molar-refractivity contribution in [3.63, 3.8) is 0 Å². The average molecular weight is 907 g/mol. The number of hydrogen-bond donors (Lipinski definition) is 4. The molecule has 348 valence electrons. The Bertz CT molecular complexity index is 1470. The van der Waals surface area contributed by atoms with Crippen molar-refractivity contribution in [1.29, 1.82) is 0 Å². The van der Waals surface area contributed by atoms with E-state index in [9.17, 15) is 50.1 Å². The molecule has 0 aromatic carbocycles. The van der Waals surface area contributed by atoms with Gasteiger partial charge in [0.25, 0.3) is 20.2 Å². The Labute approximate surface area is 355 Å². The minimum Gasteiger partial charge on any atom is -0.384 e. The van der Waals surface area contributed by atoms with Gasteiger partial charge in [0.05, 0.1) is 65.4 Å². The van der Waals surface area contributed by atoms with Gasteiger partial charge in [0, 0.05) is 70.6 Å². The summed E-state index contributed by atoms with van der Waals surface area (Å²) in [6.07, 6.45) is 7.81. The van der Waals surface area contributed by atoms with Crippen LogP contribution in [-0.4, -0.2) is 144 Å². The number of aliphatic hydroxyl groups excluding tert-OH is 1. The van der Waals surface area contributed by atoms with Crippen LogP contribution in [0.1, 0.15) is 98.8 Å². The maximum atomic E-state index is 10.4. The molecule has 4 saturated heterocycles. The molecule has 0 unspecified atom stereocenters. The maximum Gasteiger partial charge on any atom is 0.446 e. The second-order valence-electron chi connectivity index (χ2n) is 12.5. The number of carbonyl (C=O) groups is 2. The lowest BCUT2D eigenvalue weighted by molar-refractivity contribution is -0.156. The Morgan fingerprint density at radius 3 is 1.10 bits per heavy atom. The highest BCUT2D eigenvalue weighted by molar-refractivity contribution is 7.99. The van der Waals surface area contributed by atoms with Gasteiger partial charge < -0.3 is 39.4 Å². The van der Waals surface area contributed by atoms with Gasteiger partial charge in [-0.25, -0.2) is 0 Å². The number of alkyl halides is 3. The fraction of sp³-hybridized carbons (Fsp3) is 0.750. The Morgan fingerprint density at radius 1 is 0.667 bits per heavy atom. The number of carbonyl (C=O) groups excluding carboxylic acids is 2. The summed E-state index contributed by atoms with van der Waals surface area (Å²) in [4.78, 5) is 19.1. The van der Waals surface area contributed by atoms with Crippen LogP contribution in [0.15, 0.2) is 0 Å². The summed E-state index contributed by atoms with van der Waals surface area (Å²) in [7, 11) is -7.74. The third kappa shape index (κ3) is 44.5. The van der Waals surface area contributed by atoms with Gasteiger partial charge in [-0.2, -0.15) is 30.0 Å². The Balaban J connectivity index is -0.000000310. The molecule has 4 fully saturated rings. The highest BCUT2D eigenvalue weighted by atomic mass is 32.3. The lowest BCUT2D eigenvalue weighted by atomic mass is 9.95. The van der Waals surface area contributed by atoms with Crippen molar-refractivity contribution in [2.75, 3.05) is 72.0 Å². The van der Waals surface area contributed by atoms with Gasteiger partial charge in [0.1, 0.15) is 29.2 Å². The second-order valence-corrected chi connectivity index (χ2v) is 15.9. The molecule has 0 saturated carbocycles. The summed E-state index contributed by atoms with van der Waals surface area (Å²) in [6, 6.07) is 0. The number of ketones is 1. The van der Waals surface area contributed by atoms with Crippen molar-refractivity contribution >= 4 is 32.3 Å². The molecular weight excluding hydrogens is 842 g/mol. The van der Waals surface area contributed by atoms with Crippen LogP contribution in [0.5, 0.6) is 0 Å². The van der Waals surface area contributed by atoms with Gasteiger partial charge in [-0.15, -0.1) is 27.8 Å². The Hall–Kier alpha value is -3.09. The maximum absolute atomic E-state index is 10.4. The standard InChI is InChI=1S/2C9H14O2.C8H12O3.C5H8O2.C4H6.C2HF3O.C2H6O5S2.CH4/c2*1-2-3-4-9(10)5-7-11-8-6-9;9-5-1-2-8(10)3-6-11-7-4-8;6-5-1-3-7-4-2-5;1-3-4-2;3-2(4,5)1-6;1-8(3,4)7-9(2,5)6;/h2*10H,2,5-8H2,1H3;9-10H,3-7H2;1-4H2;1H,4H2,2H3;1H;1-2H3;1H4. The van der Waals surface area contributed by atoms with E-state index in [4.69, 9.17) is 35.3 Å². The summed E-state index contributed by atoms with van der Waals surface area (Å²) in [5, 5.41) is 37.5. The molecule has 60 heavy (non-hydrogen) atoms. The van der Waals surface area contributed by atoms with E-state index in [-0.39, 0.29) is 14.0 Å². The highest BCUT2D eigenvalue weighted by Gasteiger charge is 2.28. The third-order valence-electron chi connectivity index (χ3n) is 6.99. The molecule has 4 aliphatic heterocycles. The first kappa shape index (κ1) is 63.5. The number of halogens is 3. The number of hydrogen-bond acceptors (Lipinski definition) is 15. The monoisotopic (exact) mass is 906 g/mol. The summed E-state index contributed by atoms with van der Waals surface area (Å²) in [5.41, 5.74) is -2.43. The van der Waals surface area contributed by atoms with Gasteiger partial charge in [-0.1, -0.05) is 51.9 Å². The van der Waals surface area contributed by atoms with Gasteiger partial charge in [-0.3, -0.25) is 9.59 Å². The zero-order chi connectivity index (χ0) is 45.9. The smallest absolute Gasteiger partial charge is 0.384 e. The molecule has 0 atom stereocenters. The third-order valence-corrected chi connectivity index (χ3v) is 8.97. The Kier molecular flexibility index (Phi) is 37.6. The molecule has 0 aromatic rings. The molecule has 4 heterocycles. The number of terminal acetylenes is 1. The van der Waals surface area contributed by atoms with Gasteiger partial charge in [-0.05, 0) is 0 Å². The zero-order valence-corrected chi connectivity index (χ0v) is 36.2. The summed E-state index contributed by atoms with van der Waals surface area (Å²) in [5.74, 6) is 19.4. The normalized spacial score (nSPS) is 18.2. The Morgan fingerprint density at radius 2 is 0.933 bits per heavy atom. The molecule has 0 spiro atoms. The van der Waals surface area contributed by atoms with Gasteiger partial charge in [0.15, 0.2) is 0 Å². The van der Waals surface area contributed by atoms with Crippen LogP contribution in [0.25, 0.3) is 0 Å². The van der Waals surface area contributed by atoms with Crippen LogP contribution >= 0.6 is 0 Å². The summed E-state index contributed by atoms with van der Waals surface area (Å²) >= 11 is 0. The van der Waals surface area contributed by atoms with E-state index in [1.807, 2.05) is 20.8 Å². The topological polar surface area (TPSA) is 229 Å². The first-order valence-electron chi connectivity index (χ1n) is 18.6. The van der Waals surface area contributed by atoms with Crippen molar-refractivity contribution in [3.05, 3.63) is 0 Å². The number of ether oxygens (including phenoxy) is 4. The van der Waals surface area contributed by atoms with E-state index in [2.05, 4.69) is 45.1 Å². The lowest BCUT2D eigenvalue weighted by Crippen LogP contribution is -2.34. The summed E-state index contributed by atoms with van der Waals surface area (Å²) < 4.78 is 95.2. The van der Waals surface area contributed by atoms with Gasteiger partial charge in [0.2, 0.25) is 6.29 Å². The number of rotatable bonds is 2. The van der Waals surface area contributed by atoms with Crippen molar-refractivity contribution in [1.82, 2.24) is 0 Å². The van der Waals surface area contributed by atoms with Gasteiger partial charge >= 0.3 is 6.18 Å².